The maximum Gasteiger partial charge on any atom is 0.142 e. The van der Waals surface area contributed by atoms with Crippen LogP contribution in [0.2, 0.25) is 0 Å². The first-order valence-corrected chi connectivity index (χ1v) is 11.1. The summed E-state index contributed by atoms with van der Waals surface area (Å²) in [5.41, 5.74) is 10.7. The molecule has 0 radical (unpaired) electrons. The highest BCUT2D eigenvalue weighted by molar-refractivity contribution is 5.54. The van der Waals surface area contributed by atoms with Crippen LogP contribution in [0.25, 0.3) is 0 Å². The SMILES string of the molecule is CCCN(CCc1cccc(OC)c1)CCc1ccc(OCc2ccccc2)c(N)c1. The van der Waals surface area contributed by atoms with E-state index in [1.807, 2.05) is 36.4 Å². The van der Waals surface area contributed by atoms with Gasteiger partial charge in [0.05, 0.1) is 12.8 Å². The van der Waals surface area contributed by atoms with Crippen molar-refractivity contribution >= 4 is 5.69 Å². The van der Waals surface area contributed by atoms with Crippen molar-refractivity contribution in [2.75, 3.05) is 32.5 Å². The lowest BCUT2D eigenvalue weighted by Gasteiger charge is -2.22. The summed E-state index contributed by atoms with van der Waals surface area (Å²) in [5, 5.41) is 0. The smallest absolute Gasteiger partial charge is 0.142 e. The Kier molecular flexibility index (Phi) is 8.80. The van der Waals surface area contributed by atoms with Crippen LogP contribution in [0.1, 0.15) is 30.0 Å². The number of nitrogens with two attached hydrogens (primary N) is 1. The summed E-state index contributed by atoms with van der Waals surface area (Å²) >= 11 is 0. The van der Waals surface area contributed by atoms with Gasteiger partial charge in [0.15, 0.2) is 0 Å². The number of nitrogens with zero attached hydrogens (tertiary/aromatic N) is 1. The Labute approximate surface area is 186 Å². The summed E-state index contributed by atoms with van der Waals surface area (Å²) in [4.78, 5) is 2.52. The average molecular weight is 419 g/mol. The highest BCUT2D eigenvalue weighted by atomic mass is 16.5. The first kappa shape index (κ1) is 22.7. The number of methoxy groups -OCH3 is 1. The van der Waals surface area contributed by atoms with E-state index in [4.69, 9.17) is 15.2 Å². The van der Waals surface area contributed by atoms with E-state index in [9.17, 15) is 0 Å². The Bertz CT molecular complexity index is 928. The van der Waals surface area contributed by atoms with Gasteiger partial charge < -0.3 is 20.1 Å². The quantitative estimate of drug-likeness (QED) is 0.403. The molecule has 0 aliphatic rings. The van der Waals surface area contributed by atoms with Crippen molar-refractivity contribution in [3.05, 3.63) is 89.5 Å². The van der Waals surface area contributed by atoms with E-state index in [0.717, 1.165) is 56.0 Å². The molecule has 4 heteroatoms. The van der Waals surface area contributed by atoms with Crippen LogP contribution in [-0.4, -0.2) is 31.6 Å². The lowest BCUT2D eigenvalue weighted by molar-refractivity contribution is 0.280. The minimum Gasteiger partial charge on any atom is -0.497 e. The molecule has 0 atom stereocenters. The average Bonchev–Trinajstić information content (AvgIpc) is 2.81. The summed E-state index contributed by atoms with van der Waals surface area (Å²) in [7, 11) is 1.71. The normalized spacial score (nSPS) is 10.9. The van der Waals surface area contributed by atoms with E-state index in [0.29, 0.717) is 12.3 Å². The first-order chi connectivity index (χ1) is 15.2. The van der Waals surface area contributed by atoms with Crippen molar-refractivity contribution in [3.63, 3.8) is 0 Å². The van der Waals surface area contributed by atoms with E-state index < -0.39 is 0 Å². The minimum absolute atomic E-state index is 0.527. The van der Waals surface area contributed by atoms with E-state index in [1.165, 1.54) is 11.1 Å². The molecule has 0 saturated heterocycles. The Morgan fingerprint density at radius 2 is 1.48 bits per heavy atom. The number of rotatable bonds is 12. The predicted octanol–water partition coefficient (Wildman–Crippen LogP) is 5.35. The summed E-state index contributed by atoms with van der Waals surface area (Å²) in [6, 6.07) is 24.7. The molecule has 0 aliphatic carbocycles. The van der Waals surface area contributed by atoms with Gasteiger partial charge in [-0.25, -0.2) is 0 Å². The molecule has 0 spiro atoms. The van der Waals surface area contributed by atoms with Crippen LogP contribution in [0.5, 0.6) is 11.5 Å². The number of benzene rings is 3. The summed E-state index contributed by atoms with van der Waals surface area (Å²) in [5.74, 6) is 1.67. The molecule has 0 fully saturated rings. The van der Waals surface area contributed by atoms with Crippen LogP contribution >= 0.6 is 0 Å². The molecule has 0 aromatic heterocycles. The maximum atomic E-state index is 6.26. The minimum atomic E-state index is 0.527. The van der Waals surface area contributed by atoms with Gasteiger partial charge in [-0.05, 0) is 66.8 Å². The van der Waals surface area contributed by atoms with Gasteiger partial charge in [0, 0.05) is 13.1 Å². The molecule has 4 nitrogen and oxygen atoms in total. The highest BCUT2D eigenvalue weighted by Gasteiger charge is 2.08. The monoisotopic (exact) mass is 418 g/mol. The molecule has 0 bridgehead atoms. The van der Waals surface area contributed by atoms with Crippen molar-refractivity contribution in [1.82, 2.24) is 4.90 Å². The van der Waals surface area contributed by atoms with E-state index >= 15 is 0 Å². The molecule has 0 aliphatic heterocycles. The maximum absolute atomic E-state index is 6.26. The van der Waals surface area contributed by atoms with Gasteiger partial charge in [0.2, 0.25) is 0 Å². The van der Waals surface area contributed by atoms with Crippen molar-refractivity contribution < 1.29 is 9.47 Å². The van der Waals surface area contributed by atoms with E-state index in [1.54, 1.807) is 7.11 Å². The van der Waals surface area contributed by atoms with Gasteiger partial charge in [0.25, 0.3) is 0 Å². The van der Waals surface area contributed by atoms with E-state index in [-0.39, 0.29) is 0 Å². The molecule has 31 heavy (non-hydrogen) atoms. The molecule has 164 valence electrons. The van der Waals surface area contributed by atoms with Gasteiger partial charge in [-0.2, -0.15) is 0 Å². The zero-order valence-electron chi connectivity index (χ0n) is 18.7. The number of hydrogen-bond acceptors (Lipinski definition) is 4. The van der Waals surface area contributed by atoms with Crippen LogP contribution in [0.4, 0.5) is 5.69 Å². The van der Waals surface area contributed by atoms with Crippen LogP contribution in [-0.2, 0) is 19.4 Å². The second kappa shape index (κ2) is 12.0. The highest BCUT2D eigenvalue weighted by Crippen LogP contribution is 2.24. The fourth-order valence-corrected chi connectivity index (χ4v) is 3.67. The van der Waals surface area contributed by atoms with Crippen molar-refractivity contribution in [1.29, 1.82) is 0 Å². The van der Waals surface area contributed by atoms with Crippen molar-refractivity contribution in [3.8, 4) is 11.5 Å². The molecule has 0 saturated carbocycles. The Morgan fingerprint density at radius 1 is 0.774 bits per heavy atom. The third-order valence-electron chi connectivity index (χ3n) is 5.42. The second-order valence-electron chi connectivity index (χ2n) is 7.84. The number of ether oxygens (including phenoxy) is 2. The van der Waals surface area contributed by atoms with Crippen LogP contribution < -0.4 is 15.2 Å². The fraction of sp³-hybridized carbons (Fsp3) is 0.333. The van der Waals surface area contributed by atoms with Gasteiger partial charge in [-0.3, -0.25) is 0 Å². The van der Waals surface area contributed by atoms with Crippen LogP contribution in [0.3, 0.4) is 0 Å². The lowest BCUT2D eigenvalue weighted by Crippen LogP contribution is -2.29. The standard InChI is InChI=1S/C27H34N2O2/c1-3-16-29(17-14-22-10-7-11-25(19-22)30-2)18-15-23-12-13-27(26(28)20-23)31-21-24-8-5-4-6-9-24/h4-13,19-20H,3,14-18,21,28H2,1-2H3. The zero-order chi connectivity index (χ0) is 21.9. The van der Waals surface area contributed by atoms with Crippen LogP contribution in [0, 0.1) is 0 Å². The first-order valence-electron chi connectivity index (χ1n) is 11.1. The molecule has 2 N–H and O–H groups in total. The van der Waals surface area contributed by atoms with Gasteiger partial charge >= 0.3 is 0 Å². The fourth-order valence-electron chi connectivity index (χ4n) is 3.67. The summed E-state index contributed by atoms with van der Waals surface area (Å²) < 4.78 is 11.2. The van der Waals surface area contributed by atoms with Gasteiger partial charge in [-0.1, -0.05) is 55.5 Å². The third kappa shape index (κ3) is 7.34. The Balaban J connectivity index is 1.51. The predicted molar refractivity (Wildman–Crippen MR) is 129 cm³/mol. The molecular weight excluding hydrogens is 384 g/mol. The molecule has 0 unspecified atom stereocenters. The second-order valence-corrected chi connectivity index (χ2v) is 7.84. The lowest BCUT2D eigenvalue weighted by atomic mass is 10.1. The van der Waals surface area contributed by atoms with E-state index in [2.05, 4.69) is 48.2 Å². The molecule has 0 heterocycles. The van der Waals surface area contributed by atoms with Crippen LogP contribution in [0.15, 0.2) is 72.8 Å². The summed E-state index contributed by atoms with van der Waals surface area (Å²) in [6.45, 7) is 5.91. The van der Waals surface area contributed by atoms with Gasteiger partial charge in [0.1, 0.15) is 18.1 Å². The third-order valence-corrected chi connectivity index (χ3v) is 5.42. The Hall–Kier alpha value is -2.98. The number of hydrogen-bond donors (Lipinski definition) is 1. The molecular formula is C27H34N2O2. The van der Waals surface area contributed by atoms with Gasteiger partial charge in [-0.15, -0.1) is 0 Å². The summed E-state index contributed by atoms with van der Waals surface area (Å²) in [6.07, 6.45) is 3.14. The topological polar surface area (TPSA) is 47.7 Å². The van der Waals surface area contributed by atoms with Crippen molar-refractivity contribution in [2.24, 2.45) is 0 Å². The molecule has 3 aromatic rings. The molecule has 3 aromatic carbocycles. The Morgan fingerprint density at radius 3 is 2.16 bits per heavy atom. The zero-order valence-corrected chi connectivity index (χ0v) is 18.7. The number of anilines is 1. The van der Waals surface area contributed by atoms with Crippen molar-refractivity contribution in [2.45, 2.75) is 32.8 Å². The molecule has 3 rings (SSSR count). The number of nitrogen functional groups attached to an aromatic ring is 1. The largest absolute Gasteiger partial charge is 0.497 e. The molecule has 0 amide bonds.